The predicted octanol–water partition coefficient (Wildman–Crippen LogP) is 2.23. The van der Waals surface area contributed by atoms with E-state index in [0.717, 1.165) is 0 Å². The van der Waals surface area contributed by atoms with E-state index in [-0.39, 0.29) is 17.7 Å². The molecule has 22 heavy (non-hydrogen) atoms. The van der Waals surface area contributed by atoms with Gasteiger partial charge in [-0.15, -0.1) is 0 Å². The molecule has 122 valence electrons. The number of halogens is 1. The Balaban J connectivity index is 1.99. The number of hydrogen-bond donors (Lipinski definition) is 0. The number of likely N-dealkylation sites (tertiary alicyclic amines) is 1. The van der Waals surface area contributed by atoms with Crippen LogP contribution in [0.5, 0.6) is 0 Å². The molecule has 5 nitrogen and oxygen atoms in total. The SMILES string of the molecule is CCS(=O)(=O)N(C)C1CCN(C(=O)c2cccc(Cl)c2)CC1. The van der Waals surface area contributed by atoms with Crippen LogP contribution < -0.4 is 0 Å². The lowest BCUT2D eigenvalue weighted by Crippen LogP contribution is -2.47. The zero-order valence-electron chi connectivity index (χ0n) is 12.8. The highest BCUT2D eigenvalue weighted by atomic mass is 35.5. The number of nitrogens with zero attached hydrogens (tertiary/aromatic N) is 2. The molecular weight excluding hydrogens is 324 g/mol. The first-order valence-corrected chi connectivity index (χ1v) is 9.34. The Hall–Kier alpha value is -1.11. The zero-order chi connectivity index (χ0) is 16.3. The van der Waals surface area contributed by atoms with Gasteiger partial charge in [0.15, 0.2) is 0 Å². The second kappa shape index (κ2) is 6.98. The van der Waals surface area contributed by atoms with E-state index in [9.17, 15) is 13.2 Å². The summed E-state index contributed by atoms with van der Waals surface area (Å²) >= 11 is 5.91. The van der Waals surface area contributed by atoms with E-state index >= 15 is 0 Å². The minimum Gasteiger partial charge on any atom is -0.339 e. The van der Waals surface area contributed by atoms with Crippen molar-refractivity contribution in [2.75, 3.05) is 25.9 Å². The van der Waals surface area contributed by atoms with Gasteiger partial charge in [0.1, 0.15) is 0 Å². The van der Waals surface area contributed by atoms with Crippen molar-refractivity contribution >= 4 is 27.5 Å². The Morgan fingerprint density at radius 3 is 2.55 bits per heavy atom. The molecule has 1 aromatic carbocycles. The van der Waals surface area contributed by atoms with Crippen molar-refractivity contribution in [1.29, 1.82) is 0 Å². The van der Waals surface area contributed by atoms with Gasteiger partial charge in [0.2, 0.25) is 10.0 Å². The van der Waals surface area contributed by atoms with Crippen LogP contribution in [0.1, 0.15) is 30.1 Å². The highest BCUT2D eigenvalue weighted by molar-refractivity contribution is 7.89. The second-order valence-corrected chi connectivity index (χ2v) is 8.20. The predicted molar refractivity (Wildman–Crippen MR) is 87.6 cm³/mol. The molecule has 7 heteroatoms. The quantitative estimate of drug-likeness (QED) is 0.841. The maximum Gasteiger partial charge on any atom is 0.253 e. The van der Waals surface area contributed by atoms with Crippen molar-refractivity contribution in [2.45, 2.75) is 25.8 Å². The first-order chi connectivity index (χ1) is 10.3. The van der Waals surface area contributed by atoms with Crippen molar-refractivity contribution < 1.29 is 13.2 Å². The summed E-state index contributed by atoms with van der Waals surface area (Å²) in [5, 5.41) is 0.537. The van der Waals surface area contributed by atoms with Gasteiger partial charge in [-0.3, -0.25) is 4.79 Å². The molecular formula is C15H21ClN2O3S. The van der Waals surface area contributed by atoms with Crippen LogP contribution in [0.15, 0.2) is 24.3 Å². The average Bonchev–Trinajstić information content (AvgIpc) is 2.53. The maximum absolute atomic E-state index is 12.4. The molecule has 0 unspecified atom stereocenters. The third kappa shape index (κ3) is 3.80. The summed E-state index contributed by atoms with van der Waals surface area (Å²) in [4.78, 5) is 14.2. The average molecular weight is 345 g/mol. The van der Waals surface area contributed by atoms with Crippen molar-refractivity contribution in [3.8, 4) is 0 Å². The number of hydrogen-bond acceptors (Lipinski definition) is 3. The molecule has 1 amide bonds. The summed E-state index contributed by atoms with van der Waals surface area (Å²) in [7, 11) is -1.56. The highest BCUT2D eigenvalue weighted by Gasteiger charge is 2.30. The maximum atomic E-state index is 12.4. The summed E-state index contributed by atoms with van der Waals surface area (Å²) in [5.74, 6) is 0.0486. The van der Waals surface area contributed by atoms with Gasteiger partial charge >= 0.3 is 0 Å². The van der Waals surface area contributed by atoms with E-state index in [4.69, 9.17) is 11.6 Å². The zero-order valence-corrected chi connectivity index (χ0v) is 14.4. The van der Waals surface area contributed by atoms with Crippen LogP contribution in [-0.4, -0.2) is 55.5 Å². The number of piperidine rings is 1. The molecule has 1 fully saturated rings. The van der Waals surface area contributed by atoms with Crippen LogP contribution in [0, 0.1) is 0 Å². The Morgan fingerprint density at radius 1 is 1.36 bits per heavy atom. The monoisotopic (exact) mass is 344 g/mol. The fourth-order valence-corrected chi connectivity index (χ4v) is 3.93. The molecule has 0 aliphatic carbocycles. The van der Waals surface area contributed by atoms with Gasteiger partial charge in [0.05, 0.1) is 5.75 Å². The molecule has 2 rings (SSSR count). The smallest absolute Gasteiger partial charge is 0.253 e. The molecule has 0 radical (unpaired) electrons. The molecule has 0 N–H and O–H groups in total. The summed E-state index contributed by atoms with van der Waals surface area (Å²) in [6.45, 7) is 2.75. The summed E-state index contributed by atoms with van der Waals surface area (Å²) in [6.07, 6.45) is 1.31. The van der Waals surface area contributed by atoms with E-state index in [1.807, 2.05) is 0 Å². The number of sulfonamides is 1. The molecule has 0 bridgehead atoms. The fourth-order valence-electron chi connectivity index (χ4n) is 2.67. The lowest BCUT2D eigenvalue weighted by molar-refractivity contribution is 0.0686. The van der Waals surface area contributed by atoms with Gasteiger partial charge < -0.3 is 4.90 Å². The van der Waals surface area contributed by atoms with Gasteiger partial charge in [-0.05, 0) is 38.0 Å². The van der Waals surface area contributed by atoms with E-state index in [0.29, 0.717) is 36.5 Å². The molecule has 1 saturated heterocycles. The molecule has 1 heterocycles. The van der Waals surface area contributed by atoms with Gasteiger partial charge in [-0.2, -0.15) is 0 Å². The molecule has 0 atom stereocenters. The largest absolute Gasteiger partial charge is 0.339 e. The Bertz CT molecular complexity index is 640. The van der Waals surface area contributed by atoms with Crippen LogP contribution in [0.2, 0.25) is 5.02 Å². The molecule has 1 aliphatic rings. The number of benzene rings is 1. The Morgan fingerprint density at radius 2 is 2.00 bits per heavy atom. The topological polar surface area (TPSA) is 57.7 Å². The van der Waals surface area contributed by atoms with Gasteiger partial charge in [0.25, 0.3) is 5.91 Å². The van der Waals surface area contributed by atoms with Crippen LogP contribution in [0.25, 0.3) is 0 Å². The van der Waals surface area contributed by atoms with Crippen LogP contribution in [0.3, 0.4) is 0 Å². The number of carbonyl (C=O) groups is 1. The minimum absolute atomic E-state index is 0.0339. The molecule has 1 aromatic rings. The van der Waals surface area contributed by atoms with Crippen LogP contribution in [-0.2, 0) is 10.0 Å². The standard InChI is InChI=1S/C15H21ClN2O3S/c1-3-22(20,21)17(2)14-7-9-18(10-8-14)15(19)12-5-4-6-13(16)11-12/h4-6,11,14H,3,7-10H2,1-2H3. The normalized spacial score (nSPS) is 17.0. The number of rotatable bonds is 4. The van der Waals surface area contributed by atoms with E-state index in [2.05, 4.69) is 0 Å². The van der Waals surface area contributed by atoms with Crippen LogP contribution >= 0.6 is 11.6 Å². The highest BCUT2D eigenvalue weighted by Crippen LogP contribution is 2.20. The van der Waals surface area contributed by atoms with Crippen molar-refractivity contribution in [3.05, 3.63) is 34.9 Å². The Kier molecular flexibility index (Phi) is 5.47. The number of amides is 1. The lowest BCUT2D eigenvalue weighted by Gasteiger charge is -2.36. The third-order valence-electron chi connectivity index (χ3n) is 4.14. The fraction of sp³-hybridized carbons (Fsp3) is 0.533. The van der Waals surface area contributed by atoms with Crippen molar-refractivity contribution in [2.24, 2.45) is 0 Å². The second-order valence-electron chi connectivity index (χ2n) is 5.45. The van der Waals surface area contributed by atoms with Crippen molar-refractivity contribution in [1.82, 2.24) is 9.21 Å². The lowest BCUT2D eigenvalue weighted by atomic mass is 10.0. The summed E-state index contributed by atoms with van der Waals surface area (Å²) < 4.78 is 25.3. The van der Waals surface area contributed by atoms with E-state index in [1.165, 1.54) is 4.31 Å². The minimum atomic E-state index is -3.18. The summed E-state index contributed by atoms with van der Waals surface area (Å²) in [6, 6.07) is 6.85. The van der Waals surface area contributed by atoms with Gasteiger partial charge in [0, 0.05) is 36.8 Å². The molecule has 0 aromatic heterocycles. The third-order valence-corrected chi connectivity index (χ3v) is 6.28. The van der Waals surface area contributed by atoms with E-state index in [1.54, 1.807) is 43.1 Å². The van der Waals surface area contributed by atoms with E-state index < -0.39 is 10.0 Å². The molecule has 0 spiro atoms. The van der Waals surface area contributed by atoms with Crippen molar-refractivity contribution in [3.63, 3.8) is 0 Å². The molecule has 0 saturated carbocycles. The summed E-state index contributed by atoms with van der Waals surface area (Å²) in [5.41, 5.74) is 0.570. The molecule has 1 aliphatic heterocycles. The first kappa shape index (κ1) is 17.2. The van der Waals surface area contributed by atoms with Gasteiger partial charge in [-0.25, -0.2) is 12.7 Å². The first-order valence-electron chi connectivity index (χ1n) is 7.35. The number of carbonyl (C=O) groups excluding carboxylic acids is 1. The Labute approximate surface area is 136 Å². The van der Waals surface area contributed by atoms with Crippen LogP contribution in [0.4, 0.5) is 0 Å². The van der Waals surface area contributed by atoms with Gasteiger partial charge in [-0.1, -0.05) is 17.7 Å².